The zero-order valence-electron chi connectivity index (χ0n) is 31.4. The predicted molar refractivity (Wildman–Crippen MR) is 258 cm³/mol. The van der Waals surface area contributed by atoms with E-state index in [1.54, 1.807) is 0 Å². The lowest BCUT2D eigenvalue weighted by molar-refractivity contribution is 0.399. The highest BCUT2D eigenvalue weighted by Crippen LogP contribution is 2.34. The van der Waals surface area contributed by atoms with Crippen molar-refractivity contribution < 1.29 is 14.8 Å². The summed E-state index contributed by atoms with van der Waals surface area (Å²) in [5.74, 6) is 0.599. The summed E-state index contributed by atoms with van der Waals surface area (Å²) in [6.45, 7) is 0. The van der Waals surface area contributed by atoms with Crippen LogP contribution >= 0.6 is 54.5 Å². The van der Waals surface area contributed by atoms with E-state index in [2.05, 4.69) is 209 Å². The fraction of sp³-hybridized carbons (Fsp3) is 0.0204. The van der Waals surface area contributed by atoms with Gasteiger partial charge >= 0.3 is 7.69 Å². The van der Waals surface area contributed by atoms with E-state index >= 15 is 0 Å². The molecule has 0 aliphatic heterocycles. The molecule has 0 aliphatic rings. The molecule has 0 bridgehead atoms. The Morgan fingerprint density at radius 3 is 1.28 bits per heavy atom. The number of hydrogen-bond donors (Lipinski definition) is 2. The Morgan fingerprint density at radius 2 is 0.845 bits per heavy atom. The Labute approximate surface area is 368 Å². The summed E-state index contributed by atoms with van der Waals surface area (Å²) >= 11 is 9.13. The van der Waals surface area contributed by atoms with E-state index in [0.717, 1.165) is 32.8 Å². The number of fused-ring (bicyclic) bond motifs is 6. The minimum Gasteiger partial charge on any atom is -0.537 e. The normalized spacial score (nSPS) is 10.6. The third-order valence-electron chi connectivity index (χ3n) is 9.51. The van der Waals surface area contributed by atoms with Gasteiger partial charge in [0.1, 0.15) is 5.75 Å². The van der Waals surface area contributed by atoms with Gasteiger partial charge in [-0.3, -0.25) is 0 Å². The number of nitrogens with zero attached hydrogens (tertiary/aromatic N) is 2. The van der Waals surface area contributed by atoms with Gasteiger partial charge in [-0.25, -0.2) is 0 Å². The molecule has 0 amide bonds. The summed E-state index contributed by atoms with van der Waals surface area (Å²) in [5.41, 5.74) is 9.39. The van der Waals surface area contributed by atoms with E-state index < -0.39 is 0 Å². The van der Waals surface area contributed by atoms with Crippen LogP contribution in [0.2, 0.25) is 0 Å². The molecule has 0 aliphatic carbocycles. The van der Waals surface area contributed by atoms with Gasteiger partial charge in [-0.2, -0.15) is 0 Å². The van der Waals surface area contributed by atoms with Crippen molar-refractivity contribution in [2.75, 3.05) is 7.11 Å². The molecule has 1 radical (unpaired) electrons. The lowest BCUT2D eigenvalue weighted by Gasteiger charge is -2.10. The van der Waals surface area contributed by atoms with Crippen molar-refractivity contribution in [3.05, 3.63) is 207 Å². The molecule has 10 aromatic rings. The molecule has 285 valence electrons. The Kier molecular flexibility index (Phi) is 13.8. The van der Waals surface area contributed by atoms with E-state index in [1.165, 1.54) is 53.0 Å². The van der Waals surface area contributed by atoms with Crippen molar-refractivity contribution in [1.29, 1.82) is 0 Å². The van der Waals surface area contributed by atoms with E-state index in [-0.39, 0.29) is 0 Å². The van der Waals surface area contributed by atoms with Crippen LogP contribution in [0.1, 0.15) is 0 Å². The number of aliphatic hydroxyl groups is 1. The molecule has 2 aromatic heterocycles. The van der Waals surface area contributed by atoms with Gasteiger partial charge in [0.2, 0.25) is 0 Å². The van der Waals surface area contributed by atoms with Crippen LogP contribution in [-0.4, -0.2) is 34.1 Å². The summed E-state index contributed by atoms with van der Waals surface area (Å²) in [6.07, 6.45) is 0. The number of para-hydroxylation sites is 4. The molecule has 0 fully saturated rings. The Balaban J connectivity index is 0.000000145. The summed E-state index contributed by atoms with van der Waals surface area (Å²) in [4.78, 5) is 0. The van der Waals surface area contributed by atoms with Crippen LogP contribution < -0.4 is 4.65 Å². The van der Waals surface area contributed by atoms with Crippen LogP contribution in [0.4, 0.5) is 0 Å². The van der Waals surface area contributed by atoms with Gasteiger partial charge in [0.05, 0.1) is 22.1 Å². The zero-order chi connectivity index (χ0) is 40.4. The van der Waals surface area contributed by atoms with Crippen LogP contribution in [0.25, 0.3) is 66.1 Å². The van der Waals surface area contributed by atoms with Gasteiger partial charge in [-0.05, 0) is 119 Å². The maximum absolute atomic E-state index is 8.83. The van der Waals surface area contributed by atoms with Gasteiger partial charge < -0.3 is 23.9 Å². The lowest BCUT2D eigenvalue weighted by Crippen LogP contribution is -2.01. The second-order valence-corrected chi connectivity index (χ2v) is 16.0. The minimum atomic E-state index is 0.599. The molecule has 0 atom stereocenters. The number of halogens is 3. The quantitative estimate of drug-likeness (QED) is 0.133. The molecule has 9 heteroatoms. The molecule has 5 nitrogen and oxygen atoms in total. The lowest BCUT2D eigenvalue weighted by atomic mass is 10.1. The molecular weight excluding hydrogens is 962 g/mol. The number of hydrogen-bond acceptors (Lipinski definition) is 3. The van der Waals surface area contributed by atoms with E-state index in [0.29, 0.717) is 13.4 Å². The second-order valence-electron chi connectivity index (χ2n) is 13.0. The predicted octanol–water partition coefficient (Wildman–Crippen LogP) is 13.6. The Bertz CT molecular complexity index is 2800. The number of benzene rings is 8. The van der Waals surface area contributed by atoms with Crippen molar-refractivity contribution in [2.24, 2.45) is 0 Å². The Hall–Kier alpha value is -5.17. The Morgan fingerprint density at radius 1 is 0.448 bits per heavy atom. The highest BCUT2D eigenvalue weighted by Gasteiger charge is 2.13. The number of aliphatic hydroxyl groups excluding tert-OH is 1. The number of aromatic nitrogens is 2. The largest absolute Gasteiger partial charge is 0.569 e. The third-order valence-corrected chi connectivity index (χ3v) is 11.3. The fourth-order valence-electron chi connectivity index (χ4n) is 7.05. The molecule has 2 heterocycles. The summed E-state index contributed by atoms with van der Waals surface area (Å²) in [5, 5.41) is 20.8. The van der Waals surface area contributed by atoms with Gasteiger partial charge in [-0.1, -0.05) is 135 Å². The first-order chi connectivity index (χ1) is 28.5. The monoisotopic (exact) mass is 997 g/mol. The van der Waals surface area contributed by atoms with Crippen LogP contribution in [0, 0.1) is 3.57 Å². The van der Waals surface area contributed by atoms with Crippen molar-refractivity contribution in [2.45, 2.75) is 0 Å². The van der Waals surface area contributed by atoms with Gasteiger partial charge in [0.15, 0.2) is 0 Å². The molecule has 58 heavy (non-hydrogen) atoms. The zero-order valence-corrected chi connectivity index (χ0v) is 36.7. The highest BCUT2D eigenvalue weighted by atomic mass is 127. The molecule has 8 aromatic carbocycles. The standard InChI is InChI=1S/C24H16BrN.C18H13BNO2.C6H4BrI.CH4O/c25-19-14-12-17(13-15-19)18-6-5-7-20(16-18)26-23-10-3-1-8-21(23)22-9-2-4-11-24(22)26;21-19-22-14-7-5-6-13(12-14)20-17-10-3-1-8-15(17)16-9-2-4-11-18(16)20;7-5-1-3-6(8)4-2-5;1-2/h1-16H;1-12,21H;1-4H;2H,1H3. The molecule has 10 rings (SSSR count). The first kappa shape index (κ1) is 41.0. The van der Waals surface area contributed by atoms with Crippen LogP contribution in [-0.2, 0) is 0 Å². The van der Waals surface area contributed by atoms with Gasteiger partial charge in [0, 0.05) is 58.6 Å². The van der Waals surface area contributed by atoms with E-state index in [1.807, 2.05) is 48.5 Å². The van der Waals surface area contributed by atoms with Crippen molar-refractivity contribution in [1.82, 2.24) is 9.13 Å². The second kappa shape index (κ2) is 19.5. The molecule has 0 unspecified atom stereocenters. The first-order valence-electron chi connectivity index (χ1n) is 18.4. The van der Waals surface area contributed by atoms with Crippen molar-refractivity contribution in [3.8, 4) is 28.3 Å². The SMILES string of the molecule is Brc1ccc(-c2cccc(-n3c4ccccc4c4ccccc43)c2)cc1.Brc1ccc(I)cc1.CO.O[B]Oc1cccc(-n2c3ccccc3c3ccccc32)c1. The smallest absolute Gasteiger partial charge is 0.537 e. The maximum Gasteiger partial charge on any atom is 0.569 e. The van der Waals surface area contributed by atoms with Crippen LogP contribution in [0.3, 0.4) is 0 Å². The van der Waals surface area contributed by atoms with Gasteiger partial charge in [0.25, 0.3) is 0 Å². The molecule has 0 saturated carbocycles. The van der Waals surface area contributed by atoms with Crippen LogP contribution in [0.15, 0.2) is 203 Å². The summed E-state index contributed by atoms with van der Waals surface area (Å²) in [6, 6.07) is 67.0. The highest BCUT2D eigenvalue weighted by molar-refractivity contribution is 14.1. The first-order valence-corrected chi connectivity index (χ1v) is 21.1. The summed E-state index contributed by atoms with van der Waals surface area (Å²) in [7, 11) is 1.70. The molecule has 0 saturated heterocycles. The molecule has 2 N–H and O–H groups in total. The van der Waals surface area contributed by atoms with E-state index in [4.69, 9.17) is 14.8 Å². The average Bonchev–Trinajstić information content (AvgIpc) is 3.80. The minimum absolute atomic E-state index is 0.599. The van der Waals surface area contributed by atoms with Crippen LogP contribution in [0.5, 0.6) is 5.75 Å². The maximum atomic E-state index is 8.83. The van der Waals surface area contributed by atoms with Gasteiger partial charge in [-0.15, -0.1) is 0 Å². The fourth-order valence-corrected chi connectivity index (χ4v) is 7.94. The average molecular weight is 999 g/mol. The molecular formula is C49H37BBr2IN2O3. The summed E-state index contributed by atoms with van der Waals surface area (Å²) < 4.78 is 13.1. The number of rotatable bonds is 5. The van der Waals surface area contributed by atoms with Crippen molar-refractivity contribution in [3.63, 3.8) is 0 Å². The topological polar surface area (TPSA) is 59.6 Å². The van der Waals surface area contributed by atoms with Crippen molar-refractivity contribution >= 4 is 106 Å². The molecule has 0 spiro atoms. The van der Waals surface area contributed by atoms with E-state index in [9.17, 15) is 0 Å². The third kappa shape index (κ3) is 9.09.